The Morgan fingerprint density at radius 3 is 2.60 bits per heavy atom. The van der Waals surface area contributed by atoms with Gasteiger partial charge in [0.1, 0.15) is 12.3 Å². The third-order valence-electron chi connectivity index (χ3n) is 7.15. The SMILES string of the molecule is COc1cc(C=CC23NC(=O)CCN2c2ccccc2C3(C)C)ccc1OCc1ccc(Cl)cc1. The maximum Gasteiger partial charge on any atom is 0.223 e. The molecular formula is C29H29ClN2O3. The number of hydrogen-bond donors (Lipinski definition) is 1. The Bertz CT molecular complexity index is 1290. The van der Waals surface area contributed by atoms with Crippen LogP contribution in [0.15, 0.2) is 72.8 Å². The molecule has 3 aromatic rings. The van der Waals surface area contributed by atoms with Gasteiger partial charge in [0.2, 0.25) is 5.91 Å². The van der Waals surface area contributed by atoms with Crippen LogP contribution in [0.4, 0.5) is 5.69 Å². The number of hydrogen-bond acceptors (Lipinski definition) is 4. The number of carbonyl (C=O) groups excluding carboxylic acids is 1. The molecule has 1 N–H and O–H groups in total. The Labute approximate surface area is 211 Å². The van der Waals surface area contributed by atoms with Gasteiger partial charge in [-0.2, -0.15) is 0 Å². The average Bonchev–Trinajstić information content (AvgIpc) is 3.06. The third kappa shape index (κ3) is 4.04. The molecule has 0 saturated carbocycles. The summed E-state index contributed by atoms with van der Waals surface area (Å²) >= 11 is 5.97. The molecule has 5 nitrogen and oxygen atoms in total. The van der Waals surface area contributed by atoms with Crippen LogP contribution in [-0.2, 0) is 16.8 Å². The van der Waals surface area contributed by atoms with Gasteiger partial charge >= 0.3 is 0 Å². The quantitative estimate of drug-likeness (QED) is 0.465. The average molecular weight is 489 g/mol. The highest BCUT2D eigenvalue weighted by Gasteiger charge is 2.57. The van der Waals surface area contributed by atoms with Gasteiger partial charge in [0, 0.05) is 29.1 Å². The molecular weight excluding hydrogens is 460 g/mol. The largest absolute Gasteiger partial charge is 0.493 e. The summed E-state index contributed by atoms with van der Waals surface area (Å²) in [6.45, 7) is 5.47. The molecule has 0 radical (unpaired) electrons. The Kier molecular flexibility index (Phi) is 5.97. The van der Waals surface area contributed by atoms with Crippen molar-refractivity contribution in [3.05, 3.63) is 94.5 Å². The van der Waals surface area contributed by atoms with E-state index in [4.69, 9.17) is 21.1 Å². The zero-order valence-electron chi connectivity index (χ0n) is 20.2. The Morgan fingerprint density at radius 1 is 1.06 bits per heavy atom. The molecule has 1 amide bonds. The van der Waals surface area contributed by atoms with Crippen molar-refractivity contribution in [2.45, 2.75) is 38.0 Å². The maximum absolute atomic E-state index is 12.6. The van der Waals surface area contributed by atoms with Gasteiger partial charge in [-0.1, -0.05) is 67.9 Å². The minimum atomic E-state index is -0.650. The second kappa shape index (κ2) is 8.97. The highest BCUT2D eigenvalue weighted by Crippen LogP contribution is 2.52. The first-order valence-corrected chi connectivity index (χ1v) is 12.1. The van der Waals surface area contributed by atoms with Crippen LogP contribution in [0, 0.1) is 0 Å². The lowest BCUT2D eigenvalue weighted by atomic mass is 9.74. The lowest BCUT2D eigenvalue weighted by Gasteiger charge is -2.49. The van der Waals surface area contributed by atoms with E-state index in [1.54, 1.807) is 7.11 Å². The molecule has 1 saturated heterocycles. The highest BCUT2D eigenvalue weighted by molar-refractivity contribution is 6.30. The fourth-order valence-electron chi connectivity index (χ4n) is 5.18. The molecule has 3 aromatic carbocycles. The summed E-state index contributed by atoms with van der Waals surface area (Å²) in [7, 11) is 1.64. The van der Waals surface area contributed by atoms with E-state index in [0.29, 0.717) is 36.1 Å². The Balaban J connectivity index is 1.43. The highest BCUT2D eigenvalue weighted by atomic mass is 35.5. The molecule has 0 aromatic heterocycles. The van der Waals surface area contributed by atoms with Gasteiger partial charge in [0.15, 0.2) is 11.5 Å². The molecule has 1 unspecified atom stereocenters. The van der Waals surface area contributed by atoms with E-state index in [1.807, 2.05) is 42.5 Å². The first-order valence-electron chi connectivity index (χ1n) is 11.8. The Hall–Kier alpha value is -3.44. The lowest BCUT2D eigenvalue weighted by molar-refractivity contribution is -0.124. The van der Waals surface area contributed by atoms with E-state index < -0.39 is 5.66 Å². The number of methoxy groups -OCH3 is 1. The second-order valence-corrected chi connectivity index (χ2v) is 9.95. The van der Waals surface area contributed by atoms with Gasteiger partial charge in [0.05, 0.1) is 7.11 Å². The zero-order valence-corrected chi connectivity index (χ0v) is 20.9. The van der Waals surface area contributed by atoms with Gasteiger partial charge in [-0.05, 0) is 53.1 Å². The summed E-state index contributed by atoms with van der Waals surface area (Å²) in [5, 5.41) is 4.01. The van der Waals surface area contributed by atoms with Gasteiger partial charge in [-0.25, -0.2) is 0 Å². The van der Waals surface area contributed by atoms with Crippen LogP contribution in [0.3, 0.4) is 0 Å². The molecule has 2 aliphatic heterocycles. The van der Waals surface area contributed by atoms with Gasteiger partial charge in [0.25, 0.3) is 0 Å². The number of ether oxygens (including phenoxy) is 2. The van der Waals surface area contributed by atoms with Crippen LogP contribution in [0.5, 0.6) is 11.5 Å². The molecule has 0 spiro atoms. The van der Waals surface area contributed by atoms with Gasteiger partial charge in [-0.3, -0.25) is 4.79 Å². The normalized spacial score (nSPS) is 20.3. The van der Waals surface area contributed by atoms with Gasteiger partial charge < -0.3 is 19.7 Å². The first-order chi connectivity index (χ1) is 16.8. The monoisotopic (exact) mass is 488 g/mol. The fraction of sp³-hybridized carbons (Fsp3) is 0.276. The minimum absolute atomic E-state index is 0.0651. The lowest BCUT2D eigenvalue weighted by Crippen LogP contribution is -2.68. The van der Waals surface area contributed by atoms with E-state index in [1.165, 1.54) is 11.3 Å². The number of amides is 1. The van der Waals surface area contributed by atoms with Crippen LogP contribution in [0.25, 0.3) is 6.08 Å². The number of rotatable bonds is 6. The van der Waals surface area contributed by atoms with Crippen molar-refractivity contribution in [1.29, 1.82) is 0 Å². The minimum Gasteiger partial charge on any atom is -0.493 e. The number of nitrogens with one attached hydrogen (secondary N) is 1. The number of fused-ring (bicyclic) bond motifs is 3. The number of carbonyl (C=O) groups is 1. The molecule has 2 heterocycles. The summed E-state index contributed by atoms with van der Waals surface area (Å²) in [5.74, 6) is 1.38. The smallest absolute Gasteiger partial charge is 0.223 e. The predicted molar refractivity (Wildman–Crippen MR) is 140 cm³/mol. The van der Waals surface area contributed by atoms with Crippen LogP contribution in [0.1, 0.15) is 37.0 Å². The van der Waals surface area contributed by atoms with Crippen LogP contribution >= 0.6 is 11.6 Å². The second-order valence-electron chi connectivity index (χ2n) is 9.52. The first kappa shape index (κ1) is 23.3. The van der Waals surface area contributed by atoms with E-state index in [2.05, 4.69) is 60.5 Å². The number of halogens is 1. The molecule has 6 heteroatoms. The van der Waals surface area contributed by atoms with Crippen molar-refractivity contribution < 1.29 is 14.3 Å². The van der Waals surface area contributed by atoms with Crippen molar-refractivity contribution in [1.82, 2.24) is 5.32 Å². The van der Waals surface area contributed by atoms with E-state index >= 15 is 0 Å². The standard InChI is InChI=1S/C29H29ClN2O3/c1-28(2)23-6-4-5-7-24(23)32-17-15-27(33)31-29(28,32)16-14-20-10-13-25(26(18-20)34-3)35-19-21-8-11-22(30)12-9-21/h4-14,16,18H,15,17,19H2,1-3H3,(H,31,33). The predicted octanol–water partition coefficient (Wildman–Crippen LogP) is 5.95. The van der Waals surface area contributed by atoms with E-state index in [9.17, 15) is 4.79 Å². The summed E-state index contributed by atoms with van der Waals surface area (Å²) in [6.07, 6.45) is 4.65. The summed E-state index contributed by atoms with van der Waals surface area (Å²) in [4.78, 5) is 14.9. The number of benzene rings is 3. The van der Waals surface area contributed by atoms with Crippen LogP contribution < -0.4 is 19.7 Å². The Morgan fingerprint density at radius 2 is 1.83 bits per heavy atom. The summed E-state index contributed by atoms with van der Waals surface area (Å²) in [6, 6.07) is 21.9. The number of para-hydroxylation sites is 1. The van der Waals surface area contributed by atoms with Gasteiger partial charge in [-0.15, -0.1) is 0 Å². The van der Waals surface area contributed by atoms with E-state index in [-0.39, 0.29) is 11.3 Å². The van der Waals surface area contributed by atoms with Crippen molar-refractivity contribution in [3.8, 4) is 11.5 Å². The van der Waals surface area contributed by atoms with Crippen LogP contribution in [0.2, 0.25) is 5.02 Å². The van der Waals surface area contributed by atoms with E-state index in [0.717, 1.165) is 11.1 Å². The van der Waals surface area contributed by atoms with Crippen LogP contribution in [-0.4, -0.2) is 25.2 Å². The van der Waals surface area contributed by atoms with Crippen molar-refractivity contribution in [2.24, 2.45) is 0 Å². The summed E-state index contributed by atoms with van der Waals surface area (Å²) in [5.41, 5.74) is 3.42. The van der Waals surface area contributed by atoms with Crippen molar-refractivity contribution >= 4 is 29.3 Å². The number of nitrogens with zero attached hydrogens (tertiary/aromatic N) is 1. The molecule has 0 bridgehead atoms. The molecule has 180 valence electrons. The molecule has 35 heavy (non-hydrogen) atoms. The third-order valence-corrected chi connectivity index (χ3v) is 7.40. The molecule has 1 fully saturated rings. The summed E-state index contributed by atoms with van der Waals surface area (Å²) < 4.78 is 11.6. The molecule has 0 aliphatic carbocycles. The van der Waals surface area contributed by atoms with Crippen molar-refractivity contribution in [3.63, 3.8) is 0 Å². The van der Waals surface area contributed by atoms with Crippen molar-refractivity contribution in [2.75, 3.05) is 18.6 Å². The molecule has 5 rings (SSSR count). The maximum atomic E-state index is 12.6. The fourth-order valence-corrected chi connectivity index (χ4v) is 5.31. The molecule has 2 aliphatic rings. The topological polar surface area (TPSA) is 50.8 Å². The number of anilines is 1. The zero-order chi connectivity index (χ0) is 24.6. The molecule has 1 atom stereocenters.